The van der Waals surface area contributed by atoms with Crippen molar-refractivity contribution < 1.29 is 0 Å². The highest BCUT2D eigenvalue weighted by molar-refractivity contribution is 7.98. The number of nitrogens with zero attached hydrogens (tertiary/aromatic N) is 1. The molecule has 3 nitrogen and oxygen atoms in total. The van der Waals surface area contributed by atoms with Crippen LogP contribution in [-0.4, -0.2) is 41.3 Å². The molecule has 2 aliphatic heterocycles. The van der Waals surface area contributed by atoms with Crippen LogP contribution in [0.3, 0.4) is 0 Å². The molecular weight excluding hydrogens is 286 g/mol. The van der Waals surface area contributed by atoms with Gasteiger partial charge in [0, 0.05) is 34.8 Å². The molecule has 2 aliphatic rings. The second-order valence-electron chi connectivity index (χ2n) is 5.53. The normalized spacial score (nSPS) is 25.6. The molecule has 0 amide bonds. The molecule has 2 fully saturated rings. The summed E-state index contributed by atoms with van der Waals surface area (Å²) < 4.78 is 0. The summed E-state index contributed by atoms with van der Waals surface area (Å²) in [6, 6.07) is 7.49. The Bertz CT molecular complexity index is 518. The van der Waals surface area contributed by atoms with E-state index >= 15 is 0 Å². The summed E-state index contributed by atoms with van der Waals surface area (Å²) >= 11 is 6.95. The molecule has 0 radical (unpaired) electrons. The second-order valence-corrected chi connectivity index (χ2v) is 6.82. The average Bonchev–Trinajstić information content (AvgIpc) is 3.03. The lowest BCUT2D eigenvalue weighted by Crippen LogP contribution is -2.34. The number of nitrogens with one attached hydrogen (secondary N) is 1. The number of anilines is 1. The fourth-order valence-electron chi connectivity index (χ4n) is 3.53. The van der Waals surface area contributed by atoms with E-state index < -0.39 is 0 Å². The molecule has 0 aliphatic carbocycles. The Balaban J connectivity index is 1.85. The molecule has 0 spiro atoms. The average molecular weight is 307 g/mol. The predicted molar refractivity (Wildman–Crippen MR) is 90.7 cm³/mol. The topological polar surface area (TPSA) is 41.3 Å². The fraction of sp³-hybridized carbons (Fsp3) is 0.533. The molecule has 2 saturated heterocycles. The Morgan fingerprint density at radius 1 is 1.40 bits per heavy atom. The first kappa shape index (κ1) is 14.2. The maximum Gasteiger partial charge on any atom is 0.107 e. The largest absolute Gasteiger partial charge is 0.389 e. The maximum atomic E-state index is 5.94. The van der Waals surface area contributed by atoms with E-state index in [4.69, 9.17) is 18.0 Å². The maximum absolute atomic E-state index is 5.94. The van der Waals surface area contributed by atoms with Gasteiger partial charge in [0.1, 0.15) is 4.99 Å². The van der Waals surface area contributed by atoms with Crippen molar-refractivity contribution in [2.75, 3.05) is 24.7 Å². The fourth-order valence-corrected chi connectivity index (χ4v) is 4.45. The molecule has 2 unspecified atom stereocenters. The van der Waals surface area contributed by atoms with E-state index in [1.54, 1.807) is 11.8 Å². The number of thioether (sulfide) groups is 1. The van der Waals surface area contributed by atoms with Gasteiger partial charge in [-0.1, -0.05) is 18.3 Å². The molecule has 3 rings (SSSR count). The number of thiocarbonyl (C=S) groups is 1. The quantitative estimate of drug-likeness (QED) is 0.661. The number of hydrogen-bond acceptors (Lipinski definition) is 4. The number of rotatable bonds is 4. The number of nitrogens with two attached hydrogens (primary N) is 1. The van der Waals surface area contributed by atoms with Gasteiger partial charge in [-0.15, -0.1) is 11.8 Å². The summed E-state index contributed by atoms with van der Waals surface area (Å²) in [4.78, 5) is 4.25. The smallest absolute Gasteiger partial charge is 0.107 e. The third-order valence-electron chi connectivity index (χ3n) is 4.44. The van der Waals surface area contributed by atoms with E-state index in [1.165, 1.54) is 32.4 Å². The van der Waals surface area contributed by atoms with Crippen LogP contribution in [0.5, 0.6) is 0 Å². The molecular formula is C15H21N3S2. The molecule has 0 aromatic heterocycles. The molecule has 0 bridgehead atoms. The summed E-state index contributed by atoms with van der Waals surface area (Å²) in [6.45, 7) is 2.48. The van der Waals surface area contributed by atoms with Crippen molar-refractivity contribution in [2.45, 2.75) is 36.2 Å². The third kappa shape index (κ3) is 2.54. The van der Waals surface area contributed by atoms with E-state index in [0.717, 1.165) is 16.1 Å². The minimum Gasteiger partial charge on any atom is -0.389 e. The number of fused-ring (bicyclic) bond motifs is 1. The lowest BCUT2D eigenvalue weighted by Gasteiger charge is -2.24. The van der Waals surface area contributed by atoms with Crippen LogP contribution in [0.1, 0.15) is 24.8 Å². The predicted octanol–water partition coefficient (Wildman–Crippen LogP) is 2.69. The first-order chi connectivity index (χ1) is 9.70. The van der Waals surface area contributed by atoms with Crippen LogP contribution in [0.2, 0.25) is 0 Å². The van der Waals surface area contributed by atoms with Gasteiger partial charge in [-0.3, -0.25) is 4.90 Å². The minimum atomic E-state index is 0.485. The Morgan fingerprint density at radius 3 is 3.00 bits per heavy atom. The van der Waals surface area contributed by atoms with Gasteiger partial charge < -0.3 is 11.1 Å². The van der Waals surface area contributed by atoms with Crippen LogP contribution in [-0.2, 0) is 0 Å². The molecule has 1 aromatic rings. The zero-order chi connectivity index (χ0) is 14.1. The first-order valence-corrected chi connectivity index (χ1v) is 8.81. The van der Waals surface area contributed by atoms with Gasteiger partial charge >= 0.3 is 0 Å². The molecule has 2 atom stereocenters. The Labute approximate surface area is 130 Å². The monoisotopic (exact) mass is 307 g/mol. The molecule has 3 N–H and O–H groups in total. The number of hydrogen-bond donors (Lipinski definition) is 2. The van der Waals surface area contributed by atoms with Gasteiger partial charge in [0.05, 0.1) is 0 Å². The van der Waals surface area contributed by atoms with Crippen LogP contribution in [0.25, 0.3) is 0 Å². The number of benzene rings is 1. The molecule has 108 valence electrons. The minimum absolute atomic E-state index is 0.485. The summed E-state index contributed by atoms with van der Waals surface area (Å²) in [7, 11) is 0. The van der Waals surface area contributed by atoms with E-state index in [1.807, 2.05) is 0 Å². The van der Waals surface area contributed by atoms with Gasteiger partial charge in [0.25, 0.3) is 0 Å². The van der Waals surface area contributed by atoms with Gasteiger partial charge in [0.15, 0.2) is 0 Å². The summed E-state index contributed by atoms with van der Waals surface area (Å²) in [6.07, 6.45) is 5.91. The first-order valence-electron chi connectivity index (χ1n) is 7.18. The van der Waals surface area contributed by atoms with E-state index in [0.29, 0.717) is 17.1 Å². The lowest BCUT2D eigenvalue weighted by molar-refractivity contribution is 0.318. The van der Waals surface area contributed by atoms with Gasteiger partial charge in [-0.2, -0.15) is 0 Å². The van der Waals surface area contributed by atoms with Crippen LogP contribution in [0.4, 0.5) is 5.69 Å². The second kappa shape index (κ2) is 5.92. The highest BCUT2D eigenvalue weighted by Crippen LogP contribution is 2.33. The Kier molecular flexibility index (Phi) is 4.19. The highest BCUT2D eigenvalue weighted by Gasteiger charge is 2.37. The van der Waals surface area contributed by atoms with Gasteiger partial charge in [0.2, 0.25) is 0 Å². The van der Waals surface area contributed by atoms with Crippen molar-refractivity contribution in [1.29, 1.82) is 0 Å². The Hall–Kier alpha value is -0.780. The summed E-state index contributed by atoms with van der Waals surface area (Å²) in [5.41, 5.74) is 8.05. The van der Waals surface area contributed by atoms with Crippen molar-refractivity contribution in [2.24, 2.45) is 5.73 Å². The van der Waals surface area contributed by atoms with Crippen molar-refractivity contribution in [3.05, 3.63) is 23.8 Å². The van der Waals surface area contributed by atoms with E-state index in [9.17, 15) is 0 Å². The van der Waals surface area contributed by atoms with Crippen LogP contribution >= 0.6 is 24.0 Å². The van der Waals surface area contributed by atoms with Gasteiger partial charge in [-0.05, 0) is 44.2 Å². The van der Waals surface area contributed by atoms with Crippen molar-refractivity contribution in [1.82, 2.24) is 4.90 Å². The SMILES string of the molecule is CSc1cccc(NC2CCN3CCCC23)c1C(N)=S. The van der Waals surface area contributed by atoms with Crippen molar-refractivity contribution in [3.63, 3.8) is 0 Å². The lowest BCUT2D eigenvalue weighted by atomic mass is 10.0. The van der Waals surface area contributed by atoms with E-state index in [-0.39, 0.29) is 0 Å². The summed E-state index contributed by atoms with van der Waals surface area (Å²) in [5.74, 6) is 0. The molecule has 0 saturated carbocycles. The van der Waals surface area contributed by atoms with E-state index in [2.05, 4.69) is 34.7 Å². The third-order valence-corrected chi connectivity index (χ3v) is 5.42. The van der Waals surface area contributed by atoms with Crippen LogP contribution in [0, 0.1) is 0 Å². The van der Waals surface area contributed by atoms with Crippen LogP contribution < -0.4 is 11.1 Å². The standard InChI is InChI=1S/C15H21N3S2/c1-20-13-6-2-4-11(14(13)15(16)19)17-10-7-9-18-8-3-5-12(10)18/h2,4,6,10,12,17H,3,5,7-9H2,1H3,(H2,16,19). The molecule has 1 aromatic carbocycles. The highest BCUT2D eigenvalue weighted by atomic mass is 32.2. The Morgan fingerprint density at radius 2 is 2.25 bits per heavy atom. The summed E-state index contributed by atoms with van der Waals surface area (Å²) in [5, 5.41) is 3.71. The van der Waals surface area contributed by atoms with Gasteiger partial charge in [-0.25, -0.2) is 0 Å². The van der Waals surface area contributed by atoms with Crippen molar-refractivity contribution >= 4 is 34.7 Å². The molecule has 5 heteroatoms. The molecule has 2 heterocycles. The zero-order valence-corrected chi connectivity index (χ0v) is 13.4. The van der Waals surface area contributed by atoms with Crippen LogP contribution in [0.15, 0.2) is 23.1 Å². The van der Waals surface area contributed by atoms with Crippen molar-refractivity contribution in [3.8, 4) is 0 Å². The zero-order valence-electron chi connectivity index (χ0n) is 11.8. The molecule has 20 heavy (non-hydrogen) atoms.